The molecule has 0 heterocycles. The van der Waals surface area contributed by atoms with Gasteiger partial charge in [0.15, 0.2) is 0 Å². The van der Waals surface area contributed by atoms with Crippen LogP contribution in [0.15, 0.2) is 60.7 Å². The fraction of sp³-hybridized carbons (Fsp3) is 0.364. The average Bonchev–Trinajstić information content (AvgIpc) is 2.74. The molecule has 0 aromatic heterocycles. The van der Waals surface area contributed by atoms with Crippen molar-refractivity contribution < 1.29 is 14.3 Å². The maximum absolute atomic E-state index is 12.5. The molecule has 156 valence electrons. The lowest BCUT2D eigenvalue weighted by Gasteiger charge is -2.24. The van der Waals surface area contributed by atoms with Gasteiger partial charge in [0.05, 0.1) is 0 Å². The quantitative estimate of drug-likeness (QED) is 0.555. The van der Waals surface area contributed by atoms with E-state index in [1.807, 2.05) is 60.7 Å². The van der Waals surface area contributed by atoms with Gasteiger partial charge in [0.1, 0.15) is 13.2 Å². The SMILES string of the molecule is NCCN(Cc1ccccc1)C(=O)COCC(=O)N(CCN)Cc1ccccc1. The number of nitrogens with two attached hydrogens (primary N) is 2. The summed E-state index contributed by atoms with van der Waals surface area (Å²) >= 11 is 0. The lowest BCUT2D eigenvalue weighted by molar-refractivity contribution is -0.142. The number of rotatable bonds is 12. The van der Waals surface area contributed by atoms with Crippen LogP contribution in [0.1, 0.15) is 11.1 Å². The Hall–Kier alpha value is -2.74. The second-order valence-corrected chi connectivity index (χ2v) is 6.67. The van der Waals surface area contributed by atoms with Crippen LogP contribution in [-0.4, -0.2) is 61.0 Å². The van der Waals surface area contributed by atoms with Gasteiger partial charge in [0, 0.05) is 39.3 Å². The van der Waals surface area contributed by atoms with Crippen molar-refractivity contribution in [1.82, 2.24) is 9.80 Å². The predicted molar refractivity (Wildman–Crippen MR) is 113 cm³/mol. The van der Waals surface area contributed by atoms with E-state index in [0.29, 0.717) is 39.3 Å². The van der Waals surface area contributed by atoms with Gasteiger partial charge in [-0.05, 0) is 11.1 Å². The highest BCUT2D eigenvalue weighted by Crippen LogP contribution is 2.06. The summed E-state index contributed by atoms with van der Waals surface area (Å²) in [6, 6.07) is 19.4. The maximum Gasteiger partial charge on any atom is 0.248 e. The standard InChI is InChI=1S/C22H30N4O3/c23-11-13-25(15-19-7-3-1-4-8-19)21(27)17-29-18-22(28)26(14-12-24)16-20-9-5-2-6-10-20/h1-10H,11-18,23-24H2. The van der Waals surface area contributed by atoms with Crippen LogP contribution < -0.4 is 11.5 Å². The van der Waals surface area contributed by atoms with E-state index >= 15 is 0 Å². The van der Waals surface area contributed by atoms with Gasteiger partial charge in [0.2, 0.25) is 11.8 Å². The molecule has 0 saturated heterocycles. The number of hydrogen-bond donors (Lipinski definition) is 2. The first-order valence-corrected chi connectivity index (χ1v) is 9.75. The Bertz CT molecular complexity index is 677. The molecule has 0 bridgehead atoms. The van der Waals surface area contributed by atoms with E-state index < -0.39 is 0 Å². The third-order valence-corrected chi connectivity index (χ3v) is 4.39. The Morgan fingerprint density at radius 3 is 1.41 bits per heavy atom. The van der Waals surface area contributed by atoms with Crippen molar-refractivity contribution in [2.45, 2.75) is 13.1 Å². The fourth-order valence-electron chi connectivity index (χ4n) is 2.91. The number of carbonyl (C=O) groups excluding carboxylic acids is 2. The first kappa shape index (κ1) is 22.5. The van der Waals surface area contributed by atoms with Crippen molar-refractivity contribution in [2.75, 3.05) is 39.4 Å². The van der Waals surface area contributed by atoms with Gasteiger partial charge in [0.25, 0.3) is 0 Å². The van der Waals surface area contributed by atoms with Crippen molar-refractivity contribution in [3.05, 3.63) is 71.8 Å². The Morgan fingerprint density at radius 2 is 1.07 bits per heavy atom. The van der Waals surface area contributed by atoms with E-state index in [9.17, 15) is 9.59 Å². The highest BCUT2D eigenvalue weighted by atomic mass is 16.5. The molecule has 0 aliphatic carbocycles. The van der Waals surface area contributed by atoms with Gasteiger partial charge in [-0.25, -0.2) is 0 Å². The number of nitrogens with zero attached hydrogens (tertiary/aromatic N) is 2. The number of amides is 2. The molecule has 4 N–H and O–H groups in total. The summed E-state index contributed by atoms with van der Waals surface area (Å²) in [5.74, 6) is -0.388. The van der Waals surface area contributed by atoms with Gasteiger partial charge < -0.3 is 26.0 Å². The molecule has 0 saturated carbocycles. The normalized spacial score (nSPS) is 10.6. The molecule has 2 aromatic carbocycles. The topological polar surface area (TPSA) is 102 Å². The van der Waals surface area contributed by atoms with Crippen molar-refractivity contribution in [1.29, 1.82) is 0 Å². The Balaban J connectivity index is 1.84. The summed E-state index contributed by atoms with van der Waals surface area (Å²) in [5, 5.41) is 0. The Labute approximate surface area is 172 Å². The summed E-state index contributed by atoms with van der Waals surface area (Å²) in [5.41, 5.74) is 13.3. The van der Waals surface area contributed by atoms with Crippen molar-refractivity contribution in [3.63, 3.8) is 0 Å². The number of benzene rings is 2. The molecular formula is C22H30N4O3. The molecule has 2 amide bonds. The number of ether oxygens (including phenoxy) is 1. The van der Waals surface area contributed by atoms with E-state index in [0.717, 1.165) is 11.1 Å². The average molecular weight is 399 g/mol. The molecular weight excluding hydrogens is 368 g/mol. The minimum atomic E-state index is -0.194. The van der Waals surface area contributed by atoms with Crippen LogP contribution in [0, 0.1) is 0 Å². The minimum absolute atomic E-state index is 0.166. The smallest absolute Gasteiger partial charge is 0.248 e. The zero-order chi connectivity index (χ0) is 20.9. The molecule has 0 aliphatic heterocycles. The zero-order valence-electron chi connectivity index (χ0n) is 16.7. The van der Waals surface area contributed by atoms with Gasteiger partial charge in [-0.3, -0.25) is 9.59 Å². The van der Waals surface area contributed by atoms with E-state index in [2.05, 4.69) is 0 Å². The third-order valence-electron chi connectivity index (χ3n) is 4.39. The van der Waals surface area contributed by atoms with Crippen molar-refractivity contribution in [2.24, 2.45) is 11.5 Å². The maximum atomic E-state index is 12.5. The molecule has 0 spiro atoms. The van der Waals surface area contributed by atoms with E-state index in [-0.39, 0.29) is 25.0 Å². The molecule has 0 aliphatic rings. The molecule has 7 heteroatoms. The summed E-state index contributed by atoms with van der Waals surface area (Å²) in [7, 11) is 0. The Kier molecular flexibility index (Phi) is 9.85. The van der Waals surface area contributed by atoms with Crippen LogP contribution in [-0.2, 0) is 27.4 Å². The summed E-state index contributed by atoms with van der Waals surface area (Å²) < 4.78 is 5.42. The fourth-order valence-corrected chi connectivity index (χ4v) is 2.91. The summed E-state index contributed by atoms with van der Waals surface area (Å²) in [6.45, 7) is 2.16. The molecule has 29 heavy (non-hydrogen) atoms. The van der Waals surface area contributed by atoms with Gasteiger partial charge in [-0.1, -0.05) is 60.7 Å². The molecule has 0 atom stereocenters. The van der Waals surface area contributed by atoms with E-state index in [4.69, 9.17) is 16.2 Å². The first-order chi connectivity index (χ1) is 14.1. The monoisotopic (exact) mass is 398 g/mol. The predicted octanol–water partition coefficient (Wildman–Crippen LogP) is 0.978. The molecule has 0 radical (unpaired) electrons. The highest BCUT2D eigenvalue weighted by Gasteiger charge is 2.17. The van der Waals surface area contributed by atoms with Gasteiger partial charge >= 0.3 is 0 Å². The lowest BCUT2D eigenvalue weighted by atomic mass is 10.2. The van der Waals surface area contributed by atoms with Crippen LogP contribution in [0.25, 0.3) is 0 Å². The second kappa shape index (κ2) is 12.7. The highest BCUT2D eigenvalue weighted by molar-refractivity contribution is 5.79. The van der Waals surface area contributed by atoms with Crippen LogP contribution in [0.2, 0.25) is 0 Å². The van der Waals surface area contributed by atoms with Crippen molar-refractivity contribution in [3.8, 4) is 0 Å². The molecule has 2 rings (SSSR count). The summed E-state index contributed by atoms with van der Waals surface area (Å²) in [4.78, 5) is 28.3. The lowest BCUT2D eigenvalue weighted by Crippen LogP contribution is -2.40. The van der Waals surface area contributed by atoms with Crippen LogP contribution in [0.3, 0.4) is 0 Å². The first-order valence-electron chi connectivity index (χ1n) is 9.75. The van der Waals surface area contributed by atoms with Gasteiger partial charge in [-0.2, -0.15) is 0 Å². The van der Waals surface area contributed by atoms with E-state index in [1.54, 1.807) is 9.80 Å². The molecule has 0 fully saturated rings. The minimum Gasteiger partial charge on any atom is -0.362 e. The third kappa shape index (κ3) is 8.03. The molecule has 7 nitrogen and oxygen atoms in total. The van der Waals surface area contributed by atoms with E-state index in [1.165, 1.54) is 0 Å². The van der Waals surface area contributed by atoms with Gasteiger partial charge in [-0.15, -0.1) is 0 Å². The largest absolute Gasteiger partial charge is 0.362 e. The van der Waals surface area contributed by atoms with Crippen molar-refractivity contribution >= 4 is 11.8 Å². The number of carbonyl (C=O) groups is 2. The summed E-state index contributed by atoms with van der Waals surface area (Å²) in [6.07, 6.45) is 0. The zero-order valence-corrected chi connectivity index (χ0v) is 16.7. The van der Waals surface area contributed by atoms with Crippen LogP contribution in [0.5, 0.6) is 0 Å². The van der Waals surface area contributed by atoms with Crippen LogP contribution in [0.4, 0.5) is 0 Å². The molecule has 0 unspecified atom stereocenters. The molecule has 2 aromatic rings. The van der Waals surface area contributed by atoms with Crippen LogP contribution >= 0.6 is 0 Å². The number of hydrogen-bond acceptors (Lipinski definition) is 5. The Morgan fingerprint density at radius 1 is 0.690 bits per heavy atom. The second-order valence-electron chi connectivity index (χ2n) is 6.67.